The second kappa shape index (κ2) is 11.1. The first-order valence-electron chi connectivity index (χ1n) is 13.6. The minimum Gasteiger partial charge on any atom is -0.490 e. The molecule has 0 bridgehead atoms. The molecule has 2 heterocycles. The minimum atomic E-state index is -1.28. The van der Waals surface area contributed by atoms with Crippen LogP contribution in [0.5, 0.6) is 5.75 Å². The van der Waals surface area contributed by atoms with Crippen LogP contribution in [0.1, 0.15) is 56.8 Å². The van der Waals surface area contributed by atoms with Crippen LogP contribution in [0.25, 0.3) is 22.8 Å². The van der Waals surface area contributed by atoms with Crippen molar-refractivity contribution < 1.29 is 28.3 Å². The van der Waals surface area contributed by atoms with Crippen LogP contribution in [0, 0.1) is 16.7 Å². The molecule has 1 aromatic heterocycles. The number of rotatable bonds is 9. The number of carbonyl (C=O) groups is 2. The molecular formula is C30H32N4O6. The van der Waals surface area contributed by atoms with Crippen LogP contribution in [0.4, 0.5) is 0 Å². The predicted molar refractivity (Wildman–Crippen MR) is 144 cm³/mol. The highest BCUT2D eigenvalue weighted by Crippen LogP contribution is 2.46. The maximum absolute atomic E-state index is 12.7. The van der Waals surface area contributed by atoms with Crippen LogP contribution in [-0.2, 0) is 25.5 Å². The molecule has 1 fully saturated rings. The molecule has 0 amide bonds. The number of carbonyl (C=O) groups excluding carboxylic acids is 2. The van der Waals surface area contributed by atoms with Gasteiger partial charge in [0.1, 0.15) is 11.8 Å². The number of hydrogen-bond donors (Lipinski definition) is 0. The van der Waals surface area contributed by atoms with Crippen LogP contribution >= 0.6 is 0 Å². The van der Waals surface area contributed by atoms with Gasteiger partial charge in [0.2, 0.25) is 5.82 Å². The third-order valence-electron chi connectivity index (χ3n) is 7.33. The summed E-state index contributed by atoms with van der Waals surface area (Å²) in [6, 6.07) is 13.4. The van der Waals surface area contributed by atoms with E-state index in [0.717, 1.165) is 29.5 Å². The zero-order valence-corrected chi connectivity index (χ0v) is 23.1. The highest BCUT2D eigenvalue weighted by molar-refractivity contribution is 6.02. The van der Waals surface area contributed by atoms with Crippen molar-refractivity contribution in [2.45, 2.75) is 52.7 Å². The highest BCUT2D eigenvalue weighted by Gasteiger charge is 2.59. The largest absolute Gasteiger partial charge is 0.490 e. The van der Waals surface area contributed by atoms with E-state index in [1.165, 1.54) is 0 Å². The first kappa shape index (κ1) is 27.3. The molecule has 1 unspecified atom stereocenters. The number of hydrogen-bond acceptors (Lipinski definition) is 10. The summed E-state index contributed by atoms with van der Waals surface area (Å²) in [4.78, 5) is 32.2. The van der Waals surface area contributed by atoms with Gasteiger partial charge in [0, 0.05) is 30.3 Å². The third-order valence-corrected chi connectivity index (χ3v) is 7.33. The number of likely N-dealkylation sites (tertiary alicyclic amines) is 1. The number of fused-ring (bicyclic) bond motifs is 1. The molecular weight excluding hydrogens is 512 g/mol. The Morgan fingerprint density at radius 3 is 2.52 bits per heavy atom. The summed E-state index contributed by atoms with van der Waals surface area (Å²) >= 11 is 0. The van der Waals surface area contributed by atoms with E-state index in [-0.39, 0.29) is 38.4 Å². The van der Waals surface area contributed by atoms with Gasteiger partial charge in [-0.2, -0.15) is 10.2 Å². The Bertz CT molecular complexity index is 1450. The predicted octanol–water partition coefficient (Wildman–Crippen LogP) is 4.48. The van der Waals surface area contributed by atoms with Crippen molar-refractivity contribution in [3.05, 3.63) is 53.1 Å². The molecule has 1 saturated heterocycles. The van der Waals surface area contributed by atoms with E-state index < -0.39 is 17.4 Å². The molecule has 208 valence electrons. The molecule has 1 aliphatic carbocycles. The first-order chi connectivity index (χ1) is 19.3. The number of nitriles is 1. The first-order valence-corrected chi connectivity index (χ1v) is 13.6. The molecule has 0 radical (unpaired) electrons. The number of esters is 2. The fourth-order valence-corrected chi connectivity index (χ4v) is 5.53. The lowest BCUT2D eigenvalue weighted by atomic mass is 9.78. The van der Waals surface area contributed by atoms with Crippen LogP contribution in [-0.4, -0.2) is 59.4 Å². The average Bonchev–Trinajstić information content (AvgIpc) is 3.56. The summed E-state index contributed by atoms with van der Waals surface area (Å²) in [5, 5.41) is 13.8. The topological polar surface area (TPSA) is 128 Å². The van der Waals surface area contributed by atoms with Crippen molar-refractivity contribution in [3.8, 4) is 34.7 Å². The van der Waals surface area contributed by atoms with Crippen LogP contribution < -0.4 is 4.74 Å². The maximum atomic E-state index is 12.7. The average molecular weight is 545 g/mol. The molecule has 10 nitrogen and oxygen atoms in total. The Hall–Kier alpha value is -4.23. The van der Waals surface area contributed by atoms with Gasteiger partial charge in [-0.3, -0.25) is 14.5 Å². The summed E-state index contributed by atoms with van der Waals surface area (Å²) < 4.78 is 21.8. The van der Waals surface area contributed by atoms with Crippen LogP contribution in [0.15, 0.2) is 40.9 Å². The Morgan fingerprint density at radius 2 is 1.88 bits per heavy atom. The van der Waals surface area contributed by atoms with Crippen molar-refractivity contribution in [1.82, 2.24) is 15.0 Å². The van der Waals surface area contributed by atoms with Gasteiger partial charge in [0.05, 0.1) is 24.9 Å². The van der Waals surface area contributed by atoms with E-state index in [2.05, 4.69) is 27.2 Å². The smallest absolute Gasteiger partial charge is 0.326 e. The lowest BCUT2D eigenvalue weighted by molar-refractivity contribution is -0.188. The van der Waals surface area contributed by atoms with Crippen molar-refractivity contribution in [3.63, 3.8) is 0 Å². The molecule has 1 aliphatic heterocycles. The second-order valence-electron chi connectivity index (χ2n) is 10.3. The van der Waals surface area contributed by atoms with Gasteiger partial charge in [0.15, 0.2) is 5.41 Å². The number of aromatic nitrogens is 2. The van der Waals surface area contributed by atoms with Gasteiger partial charge in [-0.05, 0) is 69.9 Å². The Morgan fingerprint density at radius 1 is 1.15 bits per heavy atom. The van der Waals surface area contributed by atoms with Crippen molar-refractivity contribution in [1.29, 1.82) is 5.26 Å². The Kier molecular flexibility index (Phi) is 7.59. The Labute approximate surface area is 232 Å². The van der Waals surface area contributed by atoms with Gasteiger partial charge in [-0.15, -0.1) is 0 Å². The SMILES string of the molecule is CCOC(=O)C1(C(=O)OCC)CN(C2CCc3c(-c4noc(-c5ccc(OC(C)C)c(C#N)c5)n4)cccc32)C1. The molecule has 2 aromatic carbocycles. The number of benzene rings is 2. The van der Waals surface area contributed by atoms with Gasteiger partial charge >= 0.3 is 11.9 Å². The quantitative estimate of drug-likeness (QED) is 0.281. The van der Waals surface area contributed by atoms with Gasteiger partial charge in [0.25, 0.3) is 5.89 Å². The summed E-state index contributed by atoms with van der Waals surface area (Å²) in [6.07, 6.45) is 1.57. The second-order valence-corrected chi connectivity index (χ2v) is 10.3. The lowest BCUT2D eigenvalue weighted by Crippen LogP contribution is -2.65. The standard InChI is InChI=1S/C30H32N4O6/c1-5-37-28(35)30(29(36)38-6-2)16-34(17-30)24-12-11-21-22(24)8-7-9-23(21)26-32-27(40-33-26)19-10-13-25(39-18(3)4)20(14-19)15-31/h7-10,13-14,18,24H,5-6,11-12,16-17H2,1-4H3. The van der Waals surface area contributed by atoms with E-state index in [9.17, 15) is 14.9 Å². The van der Waals surface area contributed by atoms with E-state index in [1.807, 2.05) is 26.0 Å². The molecule has 0 N–H and O–H groups in total. The molecule has 1 atom stereocenters. The highest BCUT2D eigenvalue weighted by atomic mass is 16.6. The molecule has 3 aromatic rings. The fourth-order valence-electron chi connectivity index (χ4n) is 5.53. The van der Waals surface area contributed by atoms with Crippen molar-refractivity contribution in [2.75, 3.05) is 26.3 Å². The summed E-state index contributed by atoms with van der Waals surface area (Å²) in [6.45, 7) is 8.18. The van der Waals surface area contributed by atoms with Gasteiger partial charge in [-0.25, -0.2) is 0 Å². The molecule has 0 saturated carbocycles. The molecule has 5 rings (SSSR count). The molecule has 40 heavy (non-hydrogen) atoms. The summed E-state index contributed by atoms with van der Waals surface area (Å²) in [5.41, 5.74) is 2.85. The fraction of sp³-hybridized carbons (Fsp3) is 0.433. The van der Waals surface area contributed by atoms with Crippen LogP contribution in [0.3, 0.4) is 0 Å². The van der Waals surface area contributed by atoms with Crippen LogP contribution in [0.2, 0.25) is 0 Å². The van der Waals surface area contributed by atoms with Gasteiger partial charge in [-0.1, -0.05) is 23.4 Å². The molecule has 0 spiro atoms. The molecule has 10 heteroatoms. The van der Waals surface area contributed by atoms with E-state index in [4.69, 9.17) is 18.7 Å². The normalized spacial score (nSPS) is 17.6. The lowest BCUT2D eigenvalue weighted by Gasteiger charge is -2.48. The maximum Gasteiger partial charge on any atom is 0.326 e. The number of ether oxygens (including phenoxy) is 3. The van der Waals surface area contributed by atoms with E-state index >= 15 is 0 Å². The summed E-state index contributed by atoms with van der Waals surface area (Å²) in [5.74, 6) is 0.225. The summed E-state index contributed by atoms with van der Waals surface area (Å²) in [7, 11) is 0. The number of nitrogens with zero attached hydrogens (tertiary/aromatic N) is 4. The van der Waals surface area contributed by atoms with E-state index in [0.29, 0.717) is 28.6 Å². The minimum absolute atomic E-state index is 0.0463. The van der Waals surface area contributed by atoms with Crippen molar-refractivity contribution in [2.24, 2.45) is 5.41 Å². The van der Waals surface area contributed by atoms with E-state index in [1.54, 1.807) is 32.0 Å². The Balaban J connectivity index is 1.37. The van der Waals surface area contributed by atoms with Crippen molar-refractivity contribution >= 4 is 11.9 Å². The third kappa shape index (κ3) is 4.82. The monoisotopic (exact) mass is 544 g/mol. The van der Waals surface area contributed by atoms with Gasteiger partial charge < -0.3 is 18.7 Å². The zero-order valence-electron chi connectivity index (χ0n) is 23.1. The molecule has 2 aliphatic rings. The zero-order chi connectivity index (χ0) is 28.4.